The third kappa shape index (κ3) is 4.30. The molecule has 1 aliphatic rings. The summed E-state index contributed by atoms with van der Waals surface area (Å²) in [5, 5.41) is 12.3. The predicted octanol–water partition coefficient (Wildman–Crippen LogP) is 2.93. The van der Waals surface area contributed by atoms with Crippen molar-refractivity contribution in [1.82, 2.24) is 10.2 Å². The molecule has 6 nitrogen and oxygen atoms in total. The summed E-state index contributed by atoms with van der Waals surface area (Å²) in [6.45, 7) is 4.81. The average molecular weight is 346 g/mol. The van der Waals surface area contributed by atoms with Crippen molar-refractivity contribution in [2.45, 2.75) is 26.4 Å². The van der Waals surface area contributed by atoms with Crippen molar-refractivity contribution < 1.29 is 9.53 Å². The van der Waals surface area contributed by atoms with E-state index in [1.54, 1.807) is 0 Å². The number of ether oxygens (including phenoxy) is 1. The van der Waals surface area contributed by atoms with Gasteiger partial charge in [0.25, 0.3) is 0 Å². The lowest BCUT2D eigenvalue weighted by Gasteiger charge is -2.32. The van der Waals surface area contributed by atoms with Gasteiger partial charge < -0.3 is 15.0 Å². The highest BCUT2D eigenvalue weighted by molar-refractivity contribution is 7.15. The third-order valence-corrected chi connectivity index (χ3v) is 4.93. The minimum absolute atomic E-state index is 0.0317. The fourth-order valence-corrected chi connectivity index (χ4v) is 3.48. The summed E-state index contributed by atoms with van der Waals surface area (Å²) in [5.74, 6) is 0.0750. The Morgan fingerprint density at radius 3 is 2.75 bits per heavy atom. The van der Waals surface area contributed by atoms with Gasteiger partial charge in [0, 0.05) is 31.3 Å². The number of aromatic nitrogens is 2. The summed E-state index contributed by atoms with van der Waals surface area (Å²) < 4.78 is 5.30. The van der Waals surface area contributed by atoms with Crippen molar-refractivity contribution >= 4 is 28.1 Å². The summed E-state index contributed by atoms with van der Waals surface area (Å²) >= 11 is 1.37. The molecule has 0 atom stereocenters. The van der Waals surface area contributed by atoms with Crippen molar-refractivity contribution in [2.24, 2.45) is 5.92 Å². The van der Waals surface area contributed by atoms with Crippen molar-refractivity contribution in [3.63, 3.8) is 0 Å². The van der Waals surface area contributed by atoms with Crippen LogP contribution in [0.4, 0.5) is 10.8 Å². The van der Waals surface area contributed by atoms with Crippen LogP contribution in [0.25, 0.3) is 0 Å². The van der Waals surface area contributed by atoms with E-state index in [0.717, 1.165) is 30.9 Å². The molecule has 2 aromatic rings. The highest BCUT2D eigenvalue weighted by Gasteiger charge is 2.25. The molecule has 0 unspecified atom stereocenters. The molecule has 3 rings (SSSR count). The van der Waals surface area contributed by atoms with Gasteiger partial charge in [-0.1, -0.05) is 29.5 Å². The molecule has 24 heavy (non-hydrogen) atoms. The van der Waals surface area contributed by atoms with Gasteiger partial charge in [-0.05, 0) is 31.9 Å². The lowest BCUT2D eigenvalue weighted by atomic mass is 9.95. The number of nitrogens with zero attached hydrogens (tertiary/aromatic N) is 3. The van der Waals surface area contributed by atoms with Gasteiger partial charge in [0.1, 0.15) is 11.6 Å². The first kappa shape index (κ1) is 16.9. The zero-order valence-corrected chi connectivity index (χ0v) is 14.6. The van der Waals surface area contributed by atoms with Crippen LogP contribution in [0.5, 0.6) is 0 Å². The first-order valence-corrected chi connectivity index (χ1v) is 9.09. The summed E-state index contributed by atoms with van der Waals surface area (Å²) in [4.78, 5) is 14.7. The van der Waals surface area contributed by atoms with Gasteiger partial charge >= 0.3 is 0 Å². The molecule has 0 aliphatic carbocycles. The van der Waals surface area contributed by atoms with Crippen LogP contribution in [0.2, 0.25) is 0 Å². The number of hydrogen-bond acceptors (Lipinski definition) is 6. The fourth-order valence-electron chi connectivity index (χ4n) is 2.80. The third-order valence-electron chi connectivity index (χ3n) is 4.11. The second kappa shape index (κ2) is 8.21. The zero-order chi connectivity index (χ0) is 16.8. The topological polar surface area (TPSA) is 67.4 Å². The van der Waals surface area contributed by atoms with Crippen LogP contribution < -0.4 is 10.2 Å². The number of amides is 1. The molecule has 0 saturated carbocycles. The Morgan fingerprint density at radius 2 is 2.04 bits per heavy atom. The lowest BCUT2D eigenvalue weighted by molar-refractivity contribution is -0.120. The maximum atomic E-state index is 12.4. The highest BCUT2D eigenvalue weighted by Crippen LogP contribution is 2.25. The molecule has 1 saturated heterocycles. The molecule has 7 heteroatoms. The highest BCUT2D eigenvalue weighted by atomic mass is 32.1. The van der Waals surface area contributed by atoms with Crippen LogP contribution in [0.3, 0.4) is 0 Å². The largest absolute Gasteiger partial charge is 0.374 e. The number of carbonyl (C=O) groups is 1. The quantitative estimate of drug-likeness (QED) is 0.871. The molecule has 1 aromatic carbocycles. The number of carbonyl (C=O) groups excluding carboxylic acids is 1. The van der Waals surface area contributed by atoms with Crippen molar-refractivity contribution in [3.05, 3.63) is 35.3 Å². The number of anilines is 2. The molecule has 1 aromatic heterocycles. The Morgan fingerprint density at radius 1 is 1.29 bits per heavy atom. The molecule has 128 valence electrons. The number of nitrogens with one attached hydrogen (secondary N) is 1. The van der Waals surface area contributed by atoms with Gasteiger partial charge in [0.2, 0.25) is 11.0 Å². The van der Waals surface area contributed by atoms with E-state index in [4.69, 9.17) is 4.74 Å². The SMILES string of the molecule is CCOCc1nnc(NC(=O)C2CCN(c3ccccc3)CC2)s1. The smallest absolute Gasteiger partial charge is 0.229 e. The van der Waals surface area contributed by atoms with Crippen LogP contribution in [-0.2, 0) is 16.1 Å². The summed E-state index contributed by atoms with van der Waals surface area (Å²) in [7, 11) is 0. The Labute approximate surface area is 145 Å². The summed E-state index contributed by atoms with van der Waals surface area (Å²) in [6.07, 6.45) is 1.71. The molecule has 1 N–H and O–H groups in total. The first-order chi connectivity index (χ1) is 11.8. The van der Waals surface area contributed by atoms with Crippen molar-refractivity contribution in [3.8, 4) is 0 Å². The van der Waals surface area contributed by atoms with E-state index in [1.165, 1.54) is 17.0 Å². The van der Waals surface area contributed by atoms with Crippen molar-refractivity contribution in [2.75, 3.05) is 29.9 Å². The predicted molar refractivity (Wildman–Crippen MR) is 95.2 cm³/mol. The second-order valence-corrected chi connectivity index (χ2v) is 6.79. The standard InChI is InChI=1S/C17H22N4O2S/c1-2-23-12-15-19-20-17(24-15)18-16(22)13-8-10-21(11-9-13)14-6-4-3-5-7-14/h3-7,13H,2,8-12H2,1H3,(H,18,20,22). The Kier molecular flexibility index (Phi) is 5.77. The van der Waals surface area contributed by atoms with E-state index in [0.29, 0.717) is 18.3 Å². The van der Waals surface area contributed by atoms with E-state index < -0.39 is 0 Å². The van der Waals surface area contributed by atoms with Gasteiger partial charge in [-0.3, -0.25) is 4.79 Å². The Balaban J connectivity index is 1.49. The number of piperidine rings is 1. The minimum atomic E-state index is 0.0317. The van der Waals surface area contributed by atoms with Gasteiger partial charge in [-0.15, -0.1) is 10.2 Å². The van der Waals surface area contributed by atoms with Crippen LogP contribution in [0.15, 0.2) is 30.3 Å². The van der Waals surface area contributed by atoms with E-state index in [2.05, 4.69) is 32.5 Å². The van der Waals surface area contributed by atoms with Crippen LogP contribution in [0.1, 0.15) is 24.8 Å². The molecule has 2 heterocycles. The van der Waals surface area contributed by atoms with Gasteiger partial charge in [-0.25, -0.2) is 0 Å². The zero-order valence-electron chi connectivity index (χ0n) is 13.8. The Bertz CT molecular complexity index is 654. The molecule has 1 aliphatic heterocycles. The first-order valence-electron chi connectivity index (χ1n) is 8.27. The van der Waals surface area contributed by atoms with Gasteiger partial charge in [0.15, 0.2) is 0 Å². The number of benzene rings is 1. The molecule has 0 spiro atoms. The van der Waals surface area contributed by atoms with Crippen LogP contribution >= 0.6 is 11.3 Å². The monoisotopic (exact) mass is 346 g/mol. The number of para-hydroxylation sites is 1. The van der Waals surface area contributed by atoms with Gasteiger partial charge in [-0.2, -0.15) is 0 Å². The second-order valence-electron chi connectivity index (χ2n) is 5.72. The molecular weight excluding hydrogens is 324 g/mol. The number of hydrogen-bond donors (Lipinski definition) is 1. The molecule has 1 amide bonds. The molecule has 0 radical (unpaired) electrons. The van der Waals surface area contributed by atoms with E-state index in [-0.39, 0.29) is 11.8 Å². The lowest BCUT2D eigenvalue weighted by Crippen LogP contribution is -2.38. The van der Waals surface area contributed by atoms with Crippen LogP contribution in [-0.4, -0.2) is 35.8 Å². The molecule has 1 fully saturated rings. The average Bonchev–Trinajstić information content (AvgIpc) is 3.08. The van der Waals surface area contributed by atoms with Crippen molar-refractivity contribution in [1.29, 1.82) is 0 Å². The maximum Gasteiger partial charge on any atom is 0.229 e. The summed E-state index contributed by atoms with van der Waals surface area (Å²) in [5.41, 5.74) is 1.22. The normalized spacial score (nSPS) is 15.5. The van der Waals surface area contributed by atoms with Gasteiger partial charge in [0.05, 0.1) is 0 Å². The molecule has 0 bridgehead atoms. The Hall–Kier alpha value is -1.99. The van der Waals surface area contributed by atoms with E-state index in [1.807, 2.05) is 25.1 Å². The number of rotatable bonds is 6. The van der Waals surface area contributed by atoms with E-state index in [9.17, 15) is 4.79 Å². The van der Waals surface area contributed by atoms with E-state index >= 15 is 0 Å². The fraction of sp³-hybridized carbons (Fsp3) is 0.471. The molecular formula is C17H22N4O2S. The van der Waals surface area contributed by atoms with Crippen LogP contribution in [0, 0.1) is 5.92 Å². The minimum Gasteiger partial charge on any atom is -0.374 e. The summed E-state index contributed by atoms with van der Waals surface area (Å²) in [6, 6.07) is 10.3. The maximum absolute atomic E-state index is 12.4.